The highest BCUT2D eigenvalue weighted by Gasteiger charge is 2.14. The molecule has 1 N–H and O–H groups in total. The van der Waals surface area contributed by atoms with Gasteiger partial charge in [0, 0.05) is 16.1 Å². The normalized spacial score (nSPS) is 10.5. The van der Waals surface area contributed by atoms with Gasteiger partial charge < -0.3 is 14.3 Å². The number of halogens is 2. The van der Waals surface area contributed by atoms with Gasteiger partial charge in [-0.25, -0.2) is 9.18 Å². The molecule has 6 heteroatoms. The van der Waals surface area contributed by atoms with Gasteiger partial charge in [0.2, 0.25) is 5.76 Å². The van der Waals surface area contributed by atoms with Crippen LogP contribution in [0.2, 0.25) is 0 Å². The molecule has 4 nitrogen and oxygen atoms in total. The number of hydrogen-bond donors (Lipinski definition) is 1. The van der Waals surface area contributed by atoms with Crippen molar-refractivity contribution in [3.8, 4) is 5.75 Å². The number of ether oxygens (including phenoxy) is 1. The number of furan rings is 1. The van der Waals surface area contributed by atoms with Gasteiger partial charge in [-0.2, -0.15) is 0 Å². The van der Waals surface area contributed by atoms with E-state index in [0.717, 1.165) is 0 Å². The number of aromatic carboxylic acids is 1. The highest BCUT2D eigenvalue weighted by molar-refractivity contribution is 9.10. The molecule has 0 radical (unpaired) electrons. The Hall–Kier alpha value is -1.82. The minimum atomic E-state index is -1.13. The van der Waals surface area contributed by atoms with Crippen molar-refractivity contribution in [2.45, 2.75) is 13.5 Å². The largest absolute Gasteiger partial charge is 0.486 e. The van der Waals surface area contributed by atoms with E-state index in [2.05, 4.69) is 15.9 Å². The van der Waals surface area contributed by atoms with E-state index in [1.807, 2.05) is 0 Å². The highest BCUT2D eigenvalue weighted by Crippen LogP contribution is 2.22. The maximum Gasteiger partial charge on any atom is 0.372 e. The first-order valence-electron chi connectivity index (χ1n) is 5.37. The zero-order chi connectivity index (χ0) is 14.0. The van der Waals surface area contributed by atoms with Crippen LogP contribution in [0.1, 0.15) is 21.9 Å². The first-order chi connectivity index (χ1) is 8.95. The maximum atomic E-state index is 13.1. The maximum absolute atomic E-state index is 13.1. The minimum absolute atomic E-state index is 0.0318. The molecular formula is C13H10BrFO4. The van der Waals surface area contributed by atoms with Crippen LogP contribution in [0, 0.1) is 12.7 Å². The molecule has 0 spiro atoms. The van der Waals surface area contributed by atoms with E-state index in [1.54, 1.807) is 19.1 Å². The van der Waals surface area contributed by atoms with Gasteiger partial charge in [-0.15, -0.1) is 0 Å². The molecule has 1 aromatic heterocycles. The molecule has 2 aromatic rings. The molecule has 0 aliphatic heterocycles. The lowest BCUT2D eigenvalue weighted by molar-refractivity contribution is 0.0657. The monoisotopic (exact) mass is 328 g/mol. The van der Waals surface area contributed by atoms with E-state index in [4.69, 9.17) is 14.3 Å². The number of carboxylic acid groups (broad SMARTS) is 1. The van der Waals surface area contributed by atoms with Crippen LogP contribution < -0.4 is 4.74 Å². The van der Waals surface area contributed by atoms with Crippen LogP contribution in [-0.4, -0.2) is 11.1 Å². The fraction of sp³-hybridized carbons (Fsp3) is 0.154. The molecule has 1 aromatic carbocycles. The lowest BCUT2D eigenvalue weighted by Gasteiger charge is -2.04. The summed E-state index contributed by atoms with van der Waals surface area (Å²) in [5.41, 5.74) is 0.520. The van der Waals surface area contributed by atoms with Crippen molar-refractivity contribution >= 4 is 21.9 Å². The third kappa shape index (κ3) is 3.35. The average Bonchev–Trinajstić information content (AvgIpc) is 2.67. The highest BCUT2D eigenvalue weighted by atomic mass is 79.9. The standard InChI is InChI=1S/C13H10BrFO4/c1-7-2-11(19-12(7)13(16)17)6-18-10-4-8(14)3-9(15)5-10/h2-5H,6H2,1H3,(H,16,17). The van der Waals surface area contributed by atoms with E-state index >= 15 is 0 Å². The van der Waals surface area contributed by atoms with Crippen LogP contribution in [-0.2, 0) is 6.61 Å². The third-order valence-corrected chi connectivity index (χ3v) is 2.84. The fourth-order valence-corrected chi connectivity index (χ4v) is 2.04. The Morgan fingerprint density at radius 3 is 2.74 bits per heavy atom. The fourth-order valence-electron chi connectivity index (χ4n) is 1.60. The van der Waals surface area contributed by atoms with Gasteiger partial charge in [0.1, 0.15) is 23.9 Å². The van der Waals surface area contributed by atoms with E-state index < -0.39 is 11.8 Å². The molecule has 0 saturated carbocycles. The van der Waals surface area contributed by atoms with Crippen molar-refractivity contribution < 1.29 is 23.4 Å². The van der Waals surface area contributed by atoms with Gasteiger partial charge in [-0.05, 0) is 25.1 Å². The lowest BCUT2D eigenvalue weighted by Crippen LogP contribution is -1.96. The van der Waals surface area contributed by atoms with E-state index in [9.17, 15) is 9.18 Å². The predicted molar refractivity (Wildman–Crippen MR) is 68.8 cm³/mol. The van der Waals surface area contributed by atoms with Crippen LogP contribution in [0.4, 0.5) is 4.39 Å². The second kappa shape index (κ2) is 5.44. The van der Waals surface area contributed by atoms with Crippen molar-refractivity contribution in [1.82, 2.24) is 0 Å². The summed E-state index contributed by atoms with van der Waals surface area (Å²) in [5.74, 6) is -0.962. The van der Waals surface area contributed by atoms with Crippen molar-refractivity contribution in [1.29, 1.82) is 0 Å². The van der Waals surface area contributed by atoms with Gasteiger partial charge in [-0.1, -0.05) is 15.9 Å². The van der Waals surface area contributed by atoms with Crippen LogP contribution >= 0.6 is 15.9 Å². The van der Waals surface area contributed by atoms with Gasteiger partial charge in [0.25, 0.3) is 0 Å². The quantitative estimate of drug-likeness (QED) is 0.928. The van der Waals surface area contributed by atoms with E-state index in [0.29, 0.717) is 21.5 Å². The molecule has 0 fully saturated rings. The second-order valence-corrected chi connectivity index (χ2v) is 4.84. The topological polar surface area (TPSA) is 59.7 Å². The van der Waals surface area contributed by atoms with Gasteiger partial charge in [0.15, 0.2) is 0 Å². The van der Waals surface area contributed by atoms with Crippen LogP contribution in [0.5, 0.6) is 5.75 Å². The first-order valence-corrected chi connectivity index (χ1v) is 6.16. The zero-order valence-electron chi connectivity index (χ0n) is 9.94. The summed E-state index contributed by atoms with van der Waals surface area (Å²) in [5, 5.41) is 8.85. The van der Waals surface area contributed by atoms with Crippen molar-refractivity contribution in [3.63, 3.8) is 0 Å². The SMILES string of the molecule is Cc1cc(COc2cc(F)cc(Br)c2)oc1C(=O)O. The number of hydrogen-bond acceptors (Lipinski definition) is 3. The molecule has 0 atom stereocenters. The Morgan fingerprint density at radius 1 is 1.42 bits per heavy atom. The number of rotatable bonds is 4. The molecule has 0 aliphatic carbocycles. The smallest absolute Gasteiger partial charge is 0.372 e. The van der Waals surface area contributed by atoms with E-state index in [1.165, 1.54) is 12.1 Å². The van der Waals surface area contributed by atoms with Gasteiger partial charge in [-0.3, -0.25) is 0 Å². The second-order valence-electron chi connectivity index (χ2n) is 3.92. The Bertz CT molecular complexity index is 601. The number of benzene rings is 1. The third-order valence-electron chi connectivity index (χ3n) is 2.38. The summed E-state index contributed by atoms with van der Waals surface area (Å²) in [7, 11) is 0. The zero-order valence-corrected chi connectivity index (χ0v) is 11.5. The number of aryl methyl sites for hydroxylation is 1. The van der Waals surface area contributed by atoms with E-state index in [-0.39, 0.29) is 12.4 Å². The molecule has 0 amide bonds. The summed E-state index contributed by atoms with van der Waals surface area (Å²) in [6, 6.07) is 5.74. The Morgan fingerprint density at radius 2 is 2.16 bits per heavy atom. The Balaban J connectivity index is 2.10. The van der Waals surface area contributed by atoms with Gasteiger partial charge in [0.05, 0.1) is 0 Å². The summed E-state index contributed by atoms with van der Waals surface area (Å²) < 4.78 is 24.1. The summed E-state index contributed by atoms with van der Waals surface area (Å²) in [4.78, 5) is 10.8. The molecule has 1 heterocycles. The molecule has 0 unspecified atom stereocenters. The molecule has 0 bridgehead atoms. The van der Waals surface area contributed by atoms with Crippen LogP contribution in [0.3, 0.4) is 0 Å². The number of carboxylic acids is 1. The molecule has 0 saturated heterocycles. The Labute approximate surface area is 116 Å². The van der Waals surface area contributed by atoms with Crippen molar-refractivity contribution in [3.05, 3.63) is 51.6 Å². The molecule has 0 aliphatic rings. The van der Waals surface area contributed by atoms with Crippen LogP contribution in [0.25, 0.3) is 0 Å². The molecule has 2 rings (SSSR count). The summed E-state index contributed by atoms with van der Waals surface area (Å²) in [6.07, 6.45) is 0. The molecule has 100 valence electrons. The number of carbonyl (C=O) groups is 1. The lowest BCUT2D eigenvalue weighted by atomic mass is 10.3. The Kier molecular flexibility index (Phi) is 3.90. The minimum Gasteiger partial charge on any atom is -0.486 e. The molecule has 19 heavy (non-hydrogen) atoms. The van der Waals surface area contributed by atoms with Crippen LogP contribution in [0.15, 0.2) is 33.2 Å². The van der Waals surface area contributed by atoms with Crippen molar-refractivity contribution in [2.24, 2.45) is 0 Å². The predicted octanol–water partition coefficient (Wildman–Crippen LogP) is 3.77. The first kappa shape index (κ1) is 13.6. The molecular weight excluding hydrogens is 319 g/mol. The summed E-state index contributed by atoms with van der Waals surface area (Å²) in [6.45, 7) is 1.67. The van der Waals surface area contributed by atoms with Gasteiger partial charge >= 0.3 is 5.97 Å². The average molecular weight is 329 g/mol. The summed E-state index contributed by atoms with van der Waals surface area (Å²) >= 11 is 3.15. The van der Waals surface area contributed by atoms with Crippen molar-refractivity contribution in [2.75, 3.05) is 0 Å².